The summed E-state index contributed by atoms with van der Waals surface area (Å²) in [4.78, 5) is 0. The van der Waals surface area contributed by atoms with Crippen LogP contribution in [-0.4, -0.2) is 106 Å². The van der Waals surface area contributed by atoms with Gasteiger partial charge in [-0.2, -0.15) is 0 Å². The first-order chi connectivity index (χ1) is 35.1. The number of benzene rings is 6. The predicted octanol–water partition coefficient (Wildman–Crippen LogP) is 13.2. The molecule has 0 aromatic heterocycles. The van der Waals surface area contributed by atoms with Crippen LogP contribution in [0.2, 0.25) is 26.6 Å². The van der Waals surface area contributed by atoms with Crippen LogP contribution in [0.3, 0.4) is 0 Å². The summed E-state index contributed by atoms with van der Waals surface area (Å²) in [6.07, 6.45) is -6.39. The van der Waals surface area contributed by atoms with Crippen LogP contribution in [0.5, 0.6) is 0 Å². The average Bonchev–Trinajstić information content (AvgIpc) is 3.38. The number of aliphatic hydroxyl groups excluding tert-OH is 6. The Balaban J connectivity index is 0.000000769. The number of aliphatic hydroxyl groups is 6. The van der Waals surface area contributed by atoms with Crippen LogP contribution in [0.25, 0.3) is 0 Å². The molecule has 0 saturated heterocycles. The second-order valence-corrected chi connectivity index (χ2v) is 49.6. The molecule has 0 unspecified atom stereocenters. The van der Waals surface area contributed by atoms with E-state index in [0.29, 0.717) is 0 Å². The quantitative estimate of drug-likeness (QED) is 0.0315. The molecule has 0 fully saturated rings. The van der Waals surface area contributed by atoms with Crippen molar-refractivity contribution >= 4 is 37.6 Å². The van der Waals surface area contributed by atoms with E-state index in [-0.39, 0.29) is 32.5 Å². The van der Waals surface area contributed by atoms with Gasteiger partial charge in [-0.25, -0.2) is 0 Å². The van der Waals surface area contributed by atoms with E-state index in [1.165, 1.54) is 33.4 Å². The van der Waals surface area contributed by atoms with Crippen molar-refractivity contribution in [2.45, 2.75) is 167 Å². The second-order valence-electron chi connectivity index (χ2n) is 25.5. The van der Waals surface area contributed by atoms with Gasteiger partial charge in [-0.3, -0.25) is 0 Å². The van der Waals surface area contributed by atoms with Gasteiger partial charge in [-0.05, 0) is 0 Å². The van der Waals surface area contributed by atoms with Crippen molar-refractivity contribution in [3.05, 3.63) is 215 Å². The van der Waals surface area contributed by atoms with Gasteiger partial charge in [0, 0.05) is 0 Å². The Morgan fingerprint density at radius 2 is 0.440 bits per heavy atom. The van der Waals surface area contributed by atoms with Crippen molar-refractivity contribution in [2.75, 3.05) is 13.2 Å². The molecule has 4 atom stereocenters. The summed E-state index contributed by atoms with van der Waals surface area (Å²) in [5, 5.41) is 52.2. The molecule has 6 aromatic carbocycles. The van der Waals surface area contributed by atoms with Crippen molar-refractivity contribution in [3.8, 4) is 0 Å². The summed E-state index contributed by atoms with van der Waals surface area (Å²) in [5.41, 5.74) is 7.98. The molecule has 0 spiro atoms. The van der Waals surface area contributed by atoms with Crippen molar-refractivity contribution in [1.29, 1.82) is 0 Å². The molecule has 406 valence electrons. The van der Waals surface area contributed by atoms with E-state index < -0.39 is 75.2 Å². The van der Waals surface area contributed by atoms with E-state index >= 15 is 0 Å². The zero-order valence-corrected chi connectivity index (χ0v) is 53.1. The minimum atomic E-state index is -4.11. The summed E-state index contributed by atoms with van der Waals surface area (Å²) in [5.74, 6) is 0. The molecule has 7 nitrogen and oxygen atoms in total. The van der Waals surface area contributed by atoms with Gasteiger partial charge in [0.2, 0.25) is 0 Å². The first-order valence-corrected chi connectivity index (χ1v) is 41.5. The zero-order valence-electron chi connectivity index (χ0n) is 47.4. The van der Waals surface area contributed by atoms with Crippen LogP contribution < -0.4 is 0 Å². The van der Waals surface area contributed by atoms with Crippen LogP contribution in [0.4, 0.5) is 0 Å². The number of hydrogen-bond acceptors (Lipinski definition) is 7. The molecule has 6 N–H and O–H groups in total. The first kappa shape index (κ1) is 62.5. The van der Waals surface area contributed by atoms with Crippen LogP contribution in [0, 0.1) is 0 Å². The molecular formula is C66H92O7Sn2. The number of hydrogen-bond donors (Lipinski definition) is 6. The van der Waals surface area contributed by atoms with Crippen LogP contribution in [0.1, 0.15) is 116 Å². The van der Waals surface area contributed by atoms with E-state index in [1.54, 1.807) is 0 Å². The maximum absolute atomic E-state index is 9.39. The fourth-order valence-electron chi connectivity index (χ4n) is 12.5. The Morgan fingerprint density at radius 1 is 0.293 bits per heavy atom. The van der Waals surface area contributed by atoms with Gasteiger partial charge in [0.1, 0.15) is 24.4 Å². The zero-order chi connectivity index (χ0) is 55.4. The molecule has 6 rings (SSSR count). The van der Waals surface area contributed by atoms with E-state index in [2.05, 4.69) is 265 Å². The van der Waals surface area contributed by atoms with E-state index in [0.717, 1.165) is 26.6 Å². The Hall–Kier alpha value is -3.36. The average molecular weight is 1230 g/mol. The summed E-state index contributed by atoms with van der Waals surface area (Å²) in [6, 6.07) is 68.6. The van der Waals surface area contributed by atoms with Gasteiger partial charge >= 0.3 is 397 Å². The van der Waals surface area contributed by atoms with Gasteiger partial charge in [0.15, 0.2) is 0 Å². The largest absolute Gasteiger partial charge is 0.394 e. The normalized spacial score (nSPS) is 14.8. The molecule has 0 aliphatic rings. The van der Waals surface area contributed by atoms with Gasteiger partial charge in [0.05, 0.1) is 13.2 Å². The molecule has 0 radical (unpaired) electrons. The molecular weight excluding hydrogens is 1140 g/mol. The van der Waals surface area contributed by atoms with Crippen LogP contribution in [0.15, 0.2) is 182 Å². The summed E-state index contributed by atoms with van der Waals surface area (Å²) < 4.78 is 16.1. The Bertz CT molecular complexity index is 2130. The third-order valence-corrected chi connectivity index (χ3v) is 61.1. The third kappa shape index (κ3) is 17.3. The molecule has 0 amide bonds. The summed E-state index contributed by atoms with van der Waals surface area (Å²) >= 11 is -8.23. The maximum atomic E-state index is 9.39. The molecule has 0 saturated carbocycles. The molecule has 9 heteroatoms. The van der Waals surface area contributed by atoms with Crippen molar-refractivity contribution < 1.29 is 32.1 Å². The monoisotopic (exact) mass is 1240 g/mol. The Labute approximate surface area is 461 Å². The van der Waals surface area contributed by atoms with Crippen LogP contribution in [-0.2, 0) is 33.9 Å². The predicted molar refractivity (Wildman–Crippen MR) is 316 cm³/mol. The van der Waals surface area contributed by atoms with Crippen molar-refractivity contribution in [1.82, 2.24) is 0 Å². The minimum Gasteiger partial charge on any atom is -0.394 e. The Kier molecular flexibility index (Phi) is 22.1. The summed E-state index contributed by atoms with van der Waals surface area (Å²) in [7, 11) is 0. The van der Waals surface area contributed by atoms with E-state index in [9.17, 15) is 1.41 Å². The molecule has 0 bridgehead atoms. The number of rotatable bonds is 25. The summed E-state index contributed by atoms with van der Waals surface area (Å²) in [6.45, 7) is 29.0. The standard InChI is InChI=1S/6C10H13.C6H14O6.O.2Sn/c6*1-10(2,3)9-7-5-4-6-8-9;7-1-3(9)5(11)6(12)4(10)2-8;;;/h6*4-8H,1H2,2-3H3;3-12H,1-2H2;;;/t;;;;;;3-,4+,5-,6-;;;/m......1.../s1. The van der Waals surface area contributed by atoms with Gasteiger partial charge in [-0.15, -0.1) is 0 Å². The van der Waals surface area contributed by atoms with E-state index in [1.807, 2.05) is 0 Å². The molecule has 0 aliphatic carbocycles. The fourth-order valence-corrected chi connectivity index (χ4v) is 75.5. The smallest absolute Gasteiger partial charge is 0.111 e. The maximum Gasteiger partial charge on any atom is 0.111 e. The molecule has 6 aromatic rings. The van der Waals surface area contributed by atoms with Gasteiger partial charge in [-0.1, -0.05) is 0 Å². The SMILES string of the molecule is CC(C)([CH2][Sn]([CH2]C(C)(C)c1ccccc1)([CH2]C(C)(C)c1ccccc1)[O][Sn]([CH2]C(C)(C)c1ccccc1)([CH2]C(C)(C)c1ccccc1)[CH2]C(C)(C)c1ccccc1)c1ccccc1.OC[C@@H](O)[C@@H](O)[C@H](O)[C@@H](O)CO. The van der Waals surface area contributed by atoms with Crippen molar-refractivity contribution in [2.24, 2.45) is 0 Å². The molecule has 0 heterocycles. The van der Waals surface area contributed by atoms with Gasteiger partial charge in [0.25, 0.3) is 0 Å². The fraction of sp³-hybridized carbons (Fsp3) is 0.455. The second kappa shape index (κ2) is 26.5. The van der Waals surface area contributed by atoms with E-state index in [4.69, 9.17) is 30.6 Å². The topological polar surface area (TPSA) is 131 Å². The van der Waals surface area contributed by atoms with Crippen molar-refractivity contribution in [3.63, 3.8) is 0 Å². The van der Waals surface area contributed by atoms with Gasteiger partial charge < -0.3 is 30.6 Å². The first-order valence-electron chi connectivity index (χ1n) is 27.1. The minimum absolute atomic E-state index is 0.0900. The van der Waals surface area contributed by atoms with Crippen LogP contribution >= 0.6 is 0 Å². The Morgan fingerprint density at radius 3 is 0.573 bits per heavy atom. The molecule has 75 heavy (non-hydrogen) atoms. The third-order valence-electron chi connectivity index (χ3n) is 15.9. The molecule has 0 aliphatic heterocycles.